The maximum atomic E-state index is 13.1. The van der Waals surface area contributed by atoms with Gasteiger partial charge in [-0.1, -0.05) is 19.2 Å². The molecule has 0 aromatic heterocycles. The minimum absolute atomic E-state index is 0.0235. The summed E-state index contributed by atoms with van der Waals surface area (Å²) < 4.78 is 2.04. The van der Waals surface area contributed by atoms with E-state index in [1.54, 1.807) is 0 Å². The Kier molecular flexibility index (Phi) is 6.90. The summed E-state index contributed by atoms with van der Waals surface area (Å²) in [4.78, 5) is 56.9. The Balaban J connectivity index is 1.77. The van der Waals surface area contributed by atoms with Crippen LogP contribution >= 0.6 is 0 Å². The van der Waals surface area contributed by atoms with E-state index in [2.05, 4.69) is 25.2 Å². The molecule has 10 heteroatoms. The van der Waals surface area contributed by atoms with Crippen LogP contribution < -0.4 is 10.1 Å². The van der Waals surface area contributed by atoms with Crippen molar-refractivity contribution in [2.24, 2.45) is 0 Å². The van der Waals surface area contributed by atoms with Crippen molar-refractivity contribution in [3.05, 3.63) is 87.6 Å². The number of hydrogen-bond acceptors (Lipinski definition) is 6. The van der Waals surface area contributed by atoms with Gasteiger partial charge in [-0.25, -0.2) is 14.2 Å². The van der Waals surface area contributed by atoms with Crippen molar-refractivity contribution < 1.29 is 33.7 Å². The van der Waals surface area contributed by atoms with Crippen molar-refractivity contribution in [2.75, 3.05) is 33.1 Å². The van der Waals surface area contributed by atoms with Gasteiger partial charge in [-0.3, -0.25) is 9.59 Å². The van der Waals surface area contributed by atoms with Gasteiger partial charge in [-0.05, 0) is 69.1 Å². The molecule has 0 spiro atoms. The molecule has 1 aliphatic carbocycles. The topological polar surface area (TPSA) is 107 Å². The van der Waals surface area contributed by atoms with E-state index in [1.165, 1.54) is 18.2 Å². The fraction of sp³-hybridized carbons (Fsp3) is 0.258. The van der Waals surface area contributed by atoms with Crippen LogP contribution in [0.25, 0.3) is 5.57 Å². The molecule has 2 amide bonds. The van der Waals surface area contributed by atoms with Crippen LogP contribution in [0.5, 0.6) is 0 Å². The van der Waals surface area contributed by atoms with Crippen LogP contribution in [0.2, 0.25) is 13.1 Å². The van der Waals surface area contributed by atoms with E-state index in [9.17, 15) is 24.3 Å². The Morgan fingerprint density at radius 1 is 0.976 bits per heavy atom. The summed E-state index contributed by atoms with van der Waals surface area (Å²) in [6.07, 6.45) is 6.16. The van der Waals surface area contributed by atoms with E-state index in [4.69, 9.17) is 4.84 Å². The van der Waals surface area contributed by atoms with Crippen LogP contribution in [-0.2, 0) is 14.4 Å². The van der Waals surface area contributed by atoms with Gasteiger partial charge in [0, 0.05) is 44.8 Å². The summed E-state index contributed by atoms with van der Waals surface area (Å²) in [5.74, 6) is -3.23. The molecule has 2 aliphatic heterocycles. The van der Waals surface area contributed by atoms with Crippen LogP contribution in [0.3, 0.4) is 0 Å². The van der Waals surface area contributed by atoms with Gasteiger partial charge < -0.3 is 14.8 Å². The van der Waals surface area contributed by atoms with E-state index in [1.807, 2.05) is 62.0 Å². The summed E-state index contributed by atoms with van der Waals surface area (Å²) in [5, 5.41) is 13.0. The molecule has 2 aromatic rings. The molecule has 0 atom stereocenters. The highest BCUT2D eigenvalue weighted by molar-refractivity contribution is 6.98. The highest BCUT2D eigenvalue weighted by Gasteiger charge is 2.41. The number of hydroxylamine groups is 2. The predicted octanol–water partition coefficient (Wildman–Crippen LogP) is 3.15. The summed E-state index contributed by atoms with van der Waals surface area (Å²) in [7, 11) is 5.65. The second kappa shape index (κ2) is 10.1. The first-order valence-electron chi connectivity index (χ1n) is 13.3. The van der Waals surface area contributed by atoms with Crippen LogP contribution in [-0.4, -0.2) is 80.5 Å². The number of imide groups is 1. The number of nitrogens with zero attached hydrogens (tertiary/aromatic N) is 3. The number of rotatable bonds is 5. The average Bonchev–Trinajstić information content (AvgIpc) is 3.24. The number of anilines is 1. The standard InChI is InChI=1S/C31H31N3O6Si/c1-32(2)19-8-11-22-25(16-19)41(5,6)26-17-20(33(3)4)9-12-23(26)29(22)24-15-18(7-10-21(24)30(37)38)31(39)40-34-27(35)13-14-28(34)36/h7-12,15-17H,13-14H2,1-6H3/p+1. The second-order valence-electron chi connectivity index (χ2n) is 11.3. The fourth-order valence-corrected chi connectivity index (χ4v) is 8.60. The number of carbonyl (C=O) groups excluding carboxylic acids is 3. The van der Waals surface area contributed by atoms with Gasteiger partial charge in [-0.15, -0.1) is 5.06 Å². The molecule has 2 aromatic carbocycles. The van der Waals surface area contributed by atoms with Gasteiger partial charge in [0.05, 0.1) is 11.1 Å². The maximum Gasteiger partial charge on any atom is 0.363 e. The number of carboxylic acids is 1. The van der Waals surface area contributed by atoms with Crippen molar-refractivity contribution in [1.29, 1.82) is 0 Å². The number of aromatic carboxylic acids is 1. The van der Waals surface area contributed by atoms with Crippen molar-refractivity contribution in [3.8, 4) is 0 Å². The van der Waals surface area contributed by atoms with E-state index in [-0.39, 0.29) is 24.0 Å². The third-order valence-corrected chi connectivity index (χ3v) is 11.4. The Morgan fingerprint density at radius 3 is 2.27 bits per heavy atom. The van der Waals surface area contributed by atoms with Crippen molar-refractivity contribution >= 4 is 54.0 Å². The molecule has 1 N–H and O–H groups in total. The number of benzene rings is 2. The number of carboxylic acid groups (broad SMARTS) is 1. The second-order valence-corrected chi connectivity index (χ2v) is 15.6. The molecule has 5 rings (SSSR count). The Bertz CT molecular complexity index is 1660. The summed E-state index contributed by atoms with van der Waals surface area (Å²) >= 11 is 0. The van der Waals surface area contributed by atoms with Crippen LogP contribution in [0, 0.1) is 0 Å². The SMILES string of the molecule is CN(C)c1ccc2c(c1)[Si](C)(C)C1=CC(=[N+](C)C)C=CC1=C2c1cc(C(=O)ON2C(=O)CCC2=O)ccc1C(=O)O. The first-order valence-corrected chi connectivity index (χ1v) is 16.3. The fourth-order valence-electron chi connectivity index (χ4n) is 5.53. The van der Waals surface area contributed by atoms with Crippen molar-refractivity contribution in [3.63, 3.8) is 0 Å². The monoisotopic (exact) mass is 570 g/mol. The molecule has 3 aliphatic rings. The molecular weight excluding hydrogens is 538 g/mol. The molecule has 210 valence electrons. The smallest absolute Gasteiger partial charge is 0.363 e. The van der Waals surface area contributed by atoms with Gasteiger partial charge in [-0.2, -0.15) is 0 Å². The van der Waals surface area contributed by atoms with Gasteiger partial charge in [0.25, 0.3) is 11.8 Å². The van der Waals surface area contributed by atoms with Gasteiger partial charge in [0.1, 0.15) is 22.2 Å². The Morgan fingerprint density at radius 2 is 1.66 bits per heavy atom. The molecular formula is C31H32N3O6Si+. The summed E-state index contributed by atoms with van der Waals surface area (Å²) in [6, 6.07) is 10.4. The zero-order valence-electron chi connectivity index (χ0n) is 23.9. The quantitative estimate of drug-likeness (QED) is 0.334. The minimum atomic E-state index is -2.28. The maximum absolute atomic E-state index is 13.1. The zero-order valence-corrected chi connectivity index (χ0v) is 24.9. The lowest BCUT2D eigenvalue weighted by molar-refractivity contribution is -0.462. The zero-order chi connectivity index (χ0) is 29.8. The highest BCUT2D eigenvalue weighted by Crippen LogP contribution is 2.43. The molecule has 0 unspecified atom stereocenters. The van der Waals surface area contributed by atoms with E-state index in [0.717, 1.165) is 32.9 Å². The van der Waals surface area contributed by atoms with Crippen molar-refractivity contribution in [1.82, 2.24) is 5.06 Å². The van der Waals surface area contributed by atoms with Crippen molar-refractivity contribution in [2.45, 2.75) is 25.9 Å². The van der Waals surface area contributed by atoms with E-state index < -0.39 is 31.8 Å². The summed E-state index contributed by atoms with van der Waals surface area (Å²) in [6.45, 7) is 4.58. The van der Waals surface area contributed by atoms with Gasteiger partial charge >= 0.3 is 11.9 Å². The molecule has 0 bridgehead atoms. The molecule has 2 heterocycles. The number of amides is 2. The first kappa shape index (κ1) is 28.0. The molecule has 1 saturated heterocycles. The van der Waals surface area contributed by atoms with E-state index in [0.29, 0.717) is 16.2 Å². The molecule has 41 heavy (non-hydrogen) atoms. The third-order valence-electron chi connectivity index (χ3n) is 7.86. The lowest BCUT2D eigenvalue weighted by atomic mass is 9.86. The highest BCUT2D eigenvalue weighted by atomic mass is 28.3. The first-order chi connectivity index (χ1) is 19.3. The van der Waals surface area contributed by atoms with Crippen LogP contribution in [0.15, 0.2) is 65.4 Å². The number of fused-ring (bicyclic) bond motifs is 2. The minimum Gasteiger partial charge on any atom is -0.478 e. The van der Waals surface area contributed by atoms with Crippen LogP contribution in [0.4, 0.5) is 5.69 Å². The lowest BCUT2D eigenvalue weighted by Crippen LogP contribution is -2.49. The Hall–Kier alpha value is -4.57. The lowest BCUT2D eigenvalue weighted by Gasteiger charge is -2.38. The Labute approximate surface area is 239 Å². The molecule has 0 radical (unpaired) electrons. The van der Waals surface area contributed by atoms with Gasteiger partial charge in [0.2, 0.25) is 0 Å². The average molecular weight is 571 g/mol. The van der Waals surface area contributed by atoms with E-state index >= 15 is 0 Å². The van der Waals surface area contributed by atoms with Gasteiger partial charge in [0.15, 0.2) is 5.71 Å². The summed E-state index contributed by atoms with van der Waals surface area (Å²) in [5.41, 5.74) is 5.01. The number of hydrogen-bond donors (Lipinski definition) is 1. The third kappa shape index (κ3) is 4.74. The number of allylic oxidation sites excluding steroid dienone is 5. The molecule has 0 saturated carbocycles. The largest absolute Gasteiger partial charge is 0.478 e. The normalized spacial score (nSPS) is 17.3. The predicted molar refractivity (Wildman–Crippen MR) is 158 cm³/mol. The number of carbonyl (C=O) groups is 4. The molecule has 9 nitrogen and oxygen atoms in total. The molecule has 1 fully saturated rings. The van der Waals surface area contributed by atoms with Crippen LogP contribution in [0.1, 0.15) is 44.7 Å².